The van der Waals surface area contributed by atoms with Gasteiger partial charge in [0.2, 0.25) is 0 Å². The van der Waals surface area contributed by atoms with Gasteiger partial charge in [0, 0.05) is 6.20 Å². The van der Waals surface area contributed by atoms with Crippen LogP contribution in [-0.2, 0) is 0 Å². The Bertz CT molecular complexity index is 673. The van der Waals surface area contributed by atoms with Crippen molar-refractivity contribution in [2.75, 3.05) is 0 Å². The van der Waals surface area contributed by atoms with Crippen molar-refractivity contribution in [2.45, 2.75) is 32.1 Å². The van der Waals surface area contributed by atoms with E-state index in [9.17, 15) is 23.1 Å². The molecular formula is C15H15F3N2O2S. The maximum Gasteiger partial charge on any atom is 0.414 e. The molecule has 0 fully saturated rings. The number of amides is 1. The molecular weight excluding hydrogens is 329 g/mol. The van der Waals surface area contributed by atoms with Crippen LogP contribution in [0.2, 0.25) is 0 Å². The van der Waals surface area contributed by atoms with E-state index in [-0.39, 0.29) is 4.88 Å². The predicted molar refractivity (Wildman–Crippen MR) is 80.4 cm³/mol. The largest absolute Gasteiger partial charge is 0.465 e. The third kappa shape index (κ3) is 3.82. The van der Waals surface area contributed by atoms with Crippen molar-refractivity contribution in [3.05, 3.63) is 52.0 Å². The minimum atomic E-state index is -4.74. The van der Waals surface area contributed by atoms with E-state index in [0.717, 1.165) is 17.5 Å². The molecule has 0 aliphatic rings. The summed E-state index contributed by atoms with van der Waals surface area (Å²) in [5.74, 6) is 0. The summed E-state index contributed by atoms with van der Waals surface area (Å²) in [7, 11) is 0. The molecule has 124 valence electrons. The quantitative estimate of drug-likeness (QED) is 0.867. The summed E-state index contributed by atoms with van der Waals surface area (Å²) in [5, 5.41) is 9.87. The van der Waals surface area contributed by atoms with Gasteiger partial charge in [-0.3, -0.25) is 4.90 Å². The molecule has 0 saturated heterocycles. The van der Waals surface area contributed by atoms with Gasteiger partial charge in [-0.2, -0.15) is 13.2 Å². The predicted octanol–water partition coefficient (Wildman–Crippen LogP) is 4.80. The number of hydrogen-bond donors (Lipinski definition) is 1. The van der Waals surface area contributed by atoms with Gasteiger partial charge in [0.05, 0.1) is 15.9 Å². The molecule has 0 aliphatic heterocycles. The van der Waals surface area contributed by atoms with Gasteiger partial charge < -0.3 is 5.11 Å². The van der Waals surface area contributed by atoms with Gasteiger partial charge >= 0.3 is 12.3 Å². The first-order chi connectivity index (χ1) is 10.7. The number of rotatable bonds is 4. The molecule has 0 saturated carbocycles. The lowest BCUT2D eigenvalue weighted by atomic mass is 10.0. The van der Waals surface area contributed by atoms with Crippen molar-refractivity contribution in [1.82, 2.24) is 9.88 Å². The summed E-state index contributed by atoms with van der Waals surface area (Å²) >= 11 is 0.845. The number of aryl methyl sites for hydroxylation is 1. The first kappa shape index (κ1) is 17.3. The average Bonchev–Trinajstić information content (AvgIpc) is 2.89. The van der Waals surface area contributed by atoms with Gasteiger partial charge in [-0.05, 0) is 19.4 Å². The Labute approximate surface area is 135 Å². The maximum atomic E-state index is 13.6. The van der Waals surface area contributed by atoms with Crippen molar-refractivity contribution in [2.24, 2.45) is 0 Å². The average molecular weight is 344 g/mol. The molecule has 1 N–H and O–H groups in total. The molecule has 0 bridgehead atoms. The van der Waals surface area contributed by atoms with Crippen LogP contribution in [0.3, 0.4) is 0 Å². The van der Waals surface area contributed by atoms with Crippen LogP contribution in [0.5, 0.6) is 0 Å². The van der Waals surface area contributed by atoms with E-state index in [4.69, 9.17) is 0 Å². The summed E-state index contributed by atoms with van der Waals surface area (Å²) < 4.78 is 40.7. The lowest BCUT2D eigenvalue weighted by Crippen LogP contribution is -2.42. The van der Waals surface area contributed by atoms with E-state index < -0.39 is 24.4 Å². The van der Waals surface area contributed by atoms with Crippen LogP contribution < -0.4 is 0 Å². The summed E-state index contributed by atoms with van der Waals surface area (Å²) in [6.45, 7) is 3.02. The summed E-state index contributed by atoms with van der Waals surface area (Å²) in [4.78, 5) is 15.7. The van der Waals surface area contributed by atoms with Gasteiger partial charge in [0.1, 0.15) is 0 Å². The molecule has 1 heterocycles. The minimum Gasteiger partial charge on any atom is -0.465 e. The Balaban J connectivity index is 2.49. The van der Waals surface area contributed by atoms with Crippen LogP contribution in [0.25, 0.3) is 0 Å². The second kappa shape index (κ2) is 6.57. The number of nitrogens with zero attached hydrogens (tertiary/aromatic N) is 2. The molecule has 0 aliphatic carbocycles. The van der Waals surface area contributed by atoms with Gasteiger partial charge in [0.15, 0.2) is 6.04 Å². The standard InChI is InChI=1S/C15H15F3N2O2S/c1-9(11-6-4-3-5-7-11)20(14(21)22)13(15(16,17)18)12-8-19-10(2)23-12/h3-9,13H,1-2H3,(H,21,22)/t9-,13-/m1/s1. The Hall–Kier alpha value is -2.09. The Morgan fingerprint density at radius 1 is 1.30 bits per heavy atom. The topological polar surface area (TPSA) is 53.4 Å². The van der Waals surface area contributed by atoms with E-state index in [1.165, 1.54) is 6.92 Å². The fraction of sp³-hybridized carbons (Fsp3) is 0.333. The minimum absolute atomic E-state index is 0.139. The first-order valence-electron chi connectivity index (χ1n) is 6.77. The number of carboxylic acid groups (broad SMARTS) is 1. The number of benzene rings is 1. The summed E-state index contributed by atoms with van der Waals surface area (Å²) in [6, 6.07) is 5.04. The lowest BCUT2D eigenvalue weighted by Gasteiger charge is -2.34. The van der Waals surface area contributed by atoms with Gasteiger partial charge in [0.25, 0.3) is 0 Å². The first-order valence-corrected chi connectivity index (χ1v) is 7.58. The fourth-order valence-corrected chi connectivity index (χ4v) is 3.26. The second-order valence-corrected chi connectivity index (χ2v) is 6.27. The molecule has 2 atom stereocenters. The van der Waals surface area contributed by atoms with E-state index in [2.05, 4.69) is 4.98 Å². The number of aromatic nitrogens is 1. The summed E-state index contributed by atoms with van der Waals surface area (Å²) in [5.41, 5.74) is 0.491. The van der Waals surface area contributed by atoms with E-state index in [0.29, 0.717) is 15.5 Å². The highest BCUT2D eigenvalue weighted by molar-refractivity contribution is 7.11. The normalized spacial score (nSPS) is 14.3. The zero-order valence-corrected chi connectivity index (χ0v) is 13.2. The molecule has 1 aromatic carbocycles. The lowest BCUT2D eigenvalue weighted by molar-refractivity contribution is -0.184. The van der Waals surface area contributed by atoms with Gasteiger partial charge in [-0.15, -0.1) is 11.3 Å². The molecule has 2 aromatic rings. The summed E-state index contributed by atoms with van der Waals surface area (Å²) in [6.07, 6.45) is -5.28. The molecule has 0 spiro atoms. The van der Waals surface area contributed by atoms with Crippen LogP contribution in [0.4, 0.5) is 18.0 Å². The monoisotopic (exact) mass is 344 g/mol. The highest BCUT2D eigenvalue weighted by Crippen LogP contribution is 2.43. The Morgan fingerprint density at radius 3 is 2.35 bits per heavy atom. The van der Waals surface area contributed by atoms with Crippen LogP contribution in [0, 0.1) is 6.92 Å². The van der Waals surface area contributed by atoms with Crippen molar-refractivity contribution < 1.29 is 23.1 Å². The third-order valence-corrected chi connectivity index (χ3v) is 4.38. The Kier molecular flexibility index (Phi) is 4.93. The highest BCUT2D eigenvalue weighted by atomic mass is 32.1. The van der Waals surface area contributed by atoms with E-state index >= 15 is 0 Å². The van der Waals surface area contributed by atoms with Gasteiger partial charge in [-0.25, -0.2) is 9.78 Å². The Morgan fingerprint density at radius 2 is 1.91 bits per heavy atom. The van der Waals surface area contributed by atoms with Crippen LogP contribution in [0.15, 0.2) is 36.5 Å². The van der Waals surface area contributed by atoms with Crippen molar-refractivity contribution in [3.63, 3.8) is 0 Å². The maximum absolute atomic E-state index is 13.6. The van der Waals surface area contributed by atoms with Crippen molar-refractivity contribution in [1.29, 1.82) is 0 Å². The SMILES string of the molecule is Cc1ncc([C@@H](N(C(=O)O)[C@H](C)c2ccccc2)C(F)(F)F)s1. The number of hydrogen-bond acceptors (Lipinski definition) is 3. The molecule has 2 rings (SSSR count). The highest BCUT2D eigenvalue weighted by Gasteiger charge is 2.49. The van der Waals surface area contributed by atoms with Crippen LogP contribution >= 0.6 is 11.3 Å². The number of carbonyl (C=O) groups is 1. The number of alkyl halides is 3. The molecule has 0 unspecified atom stereocenters. The molecule has 0 radical (unpaired) electrons. The van der Waals surface area contributed by atoms with Crippen molar-refractivity contribution >= 4 is 17.4 Å². The number of thiazole rings is 1. The molecule has 1 aromatic heterocycles. The zero-order valence-electron chi connectivity index (χ0n) is 12.4. The van der Waals surface area contributed by atoms with Crippen LogP contribution in [0.1, 0.15) is 34.5 Å². The smallest absolute Gasteiger partial charge is 0.414 e. The molecule has 4 nitrogen and oxygen atoms in total. The molecule has 8 heteroatoms. The van der Waals surface area contributed by atoms with Crippen molar-refractivity contribution in [3.8, 4) is 0 Å². The second-order valence-electron chi connectivity index (χ2n) is 5.00. The zero-order chi connectivity index (χ0) is 17.2. The van der Waals surface area contributed by atoms with Gasteiger partial charge in [-0.1, -0.05) is 30.3 Å². The fourth-order valence-electron chi connectivity index (χ4n) is 2.35. The molecule has 1 amide bonds. The van der Waals surface area contributed by atoms with Crippen LogP contribution in [-0.4, -0.2) is 27.3 Å². The third-order valence-electron chi connectivity index (χ3n) is 3.42. The van der Waals surface area contributed by atoms with E-state index in [1.807, 2.05) is 0 Å². The molecule has 23 heavy (non-hydrogen) atoms. The number of halogens is 3. The van der Waals surface area contributed by atoms with E-state index in [1.54, 1.807) is 37.3 Å².